The van der Waals surface area contributed by atoms with Gasteiger partial charge in [0.15, 0.2) is 0 Å². The summed E-state index contributed by atoms with van der Waals surface area (Å²) in [5, 5.41) is 12.4. The van der Waals surface area contributed by atoms with Crippen molar-refractivity contribution in [1.29, 1.82) is 5.26 Å². The van der Waals surface area contributed by atoms with Crippen LogP contribution < -0.4 is 10.2 Å². The molecule has 0 aliphatic rings. The molecule has 0 radical (unpaired) electrons. The molecule has 0 aliphatic heterocycles. The number of nitrogens with one attached hydrogen (secondary N) is 1. The fourth-order valence-corrected chi connectivity index (χ4v) is 2.15. The highest BCUT2D eigenvalue weighted by Gasteiger charge is 2.08. The second-order valence-corrected chi connectivity index (χ2v) is 5.22. The van der Waals surface area contributed by atoms with Crippen molar-refractivity contribution in [2.24, 2.45) is 0 Å². The Hall–Kier alpha value is -2.61. The van der Waals surface area contributed by atoms with E-state index in [1.807, 2.05) is 38.2 Å². The lowest BCUT2D eigenvalue weighted by Crippen LogP contribution is -2.20. The Morgan fingerprint density at radius 1 is 1.27 bits per heavy atom. The van der Waals surface area contributed by atoms with Crippen LogP contribution >= 0.6 is 0 Å². The Balaban J connectivity index is 2.25. The van der Waals surface area contributed by atoms with E-state index in [1.165, 1.54) is 0 Å². The first-order chi connectivity index (χ1) is 10.6. The molecule has 0 amide bonds. The molecule has 0 aliphatic carbocycles. The summed E-state index contributed by atoms with van der Waals surface area (Å²) < 4.78 is 0. The van der Waals surface area contributed by atoms with Crippen LogP contribution in [0, 0.1) is 18.3 Å². The Bertz CT molecular complexity index is 675. The van der Waals surface area contributed by atoms with Gasteiger partial charge in [-0.3, -0.25) is 0 Å². The molecule has 5 nitrogen and oxygen atoms in total. The number of anilines is 3. The molecule has 2 rings (SSSR count). The number of hydrogen-bond acceptors (Lipinski definition) is 5. The average Bonchev–Trinajstić information content (AvgIpc) is 2.52. The smallest absolute Gasteiger partial charge is 0.136 e. The second-order valence-electron chi connectivity index (χ2n) is 5.22. The molecule has 1 N–H and O–H groups in total. The third-order valence-electron chi connectivity index (χ3n) is 3.37. The topological polar surface area (TPSA) is 64.8 Å². The molecular formula is C17H21N5. The van der Waals surface area contributed by atoms with Gasteiger partial charge in [-0.15, -0.1) is 0 Å². The van der Waals surface area contributed by atoms with Crippen LogP contribution in [0.5, 0.6) is 0 Å². The average molecular weight is 295 g/mol. The standard InChI is InChI=1S/C17H21N5/c1-4-5-10-22(3)17-11-16(19-13(2)20-17)21-15-9-7-6-8-14(15)12-18/h6-9,11H,4-5,10H2,1-3H3,(H,19,20,21). The lowest BCUT2D eigenvalue weighted by molar-refractivity contribution is 0.756. The first kappa shape index (κ1) is 15.8. The Morgan fingerprint density at radius 3 is 2.77 bits per heavy atom. The second kappa shape index (κ2) is 7.41. The summed E-state index contributed by atoms with van der Waals surface area (Å²) in [6.07, 6.45) is 2.27. The molecule has 114 valence electrons. The summed E-state index contributed by atoms with van der Waals surface area (Å²) in [6, 6.07) is 11.5. The quantitative estimate of drug-likeness (QED) is 0.881. The van der Waals surface area contributed by atoms with Crippen LogP contribution in [0.2, 0.25) is 0 Å². The van der Waals surface area contributed by atoms with E-state index in [1.54, 1.807) is 6.07 Å². The highest BCUT2D eigenvalue weighted by Crippen LogP contribution is 2.21. The van der Waals surface area contributed by atoms with Crippen molar-refractivity contribution in [3.05, 3.63) is 41.7 Å². The molecule has 0 saturated heterocycles. The molecule has 1 aromatic carbocycles. The maximum absolute atomic E-state index is 9.16. The largest absolute Gasteiger partial charge is 0.360 e. The van der Waals surface area contributed by atoms with Gasteiger partial charge in [-0.1, -0.05) is 25.5 Å². The molecule has 5 heteroatoms. The van der Waals surface area contributed by atoms with Gasteiger partial charge in [0.05, 0.1) is 11.3 Å². The van der Waals surface area contributed by atoms with E-state index in [4.69, 9.17) is 5.26 Å². The molecule has 0 fully saturated rings. The van der Waals surface area contributed by atoms with Crippen LogP contribution in [0.4, 0.5) is 17.3 Å². The van der Waals surface area contributed by atoms with Gasteiger partial charge in [0, 0.05) is 19.7 Å². The van der Waals surface area contributed by atoms with Crippen molar-refractivity contribution in [2.75, 3.05) is 23.8 Å². The predicted molar refractivity (Wildman–Crippen MR) is 89.4 cm³/mol. The van der Waals surface area contributed by atoms with E-state index in [0.717, 1.165) is 30.9 Å². The Labute approximate surface area is 131 Å². The predicted octanol–water partition coefficient (Wildman–Crippen LogP) is 3.64. The van der Waals surface area contributed by atoms with Gasteiger partial charge in [-0.2, -0.15) is 5.26 Å². The lowest BCUT2D eigenvalue weighted by Gasteiger charge is -2.19. The van der Waals surface area contributed by atoms with Gasteiger partial charge < -0.3 is 10.2 Å². The number of aromatic nitrogens is 2. The summed E-state index contributed by atoms with van der Waals surface area (Å²) in [5.74, 6) is 2.30. The molecule has 1 heterocycles. The molecule has 0 bridgehead atoms. The fourth-order valence-electron chi connectivity index (χ4n) is 2.15. The molecule has 0 unspecified atom stereocenters. The molecule has 22 heavy (non-hydrogen) atoms. The van der Waals surface area contributed by atoms with E-state index >= 15 is 0 Å². The van der Waals surface area contributed by atoms with Gasteiger partial charge in [0.1, 0.15) is 23.5 Å². The zero-order chi connectivity index (χ0) is 15.9. The summed E-state index contributed by atoms with van der Waals surface area (Å²) in [5.41, 5.74) is 1.35. The minimum Gasteiger partial charge on any atom is -0.360 e. The Morgan fingerprint density at radius 2 is 2.05 bits per heavy atom. The highest BCUT2D eigenvalue weighted by atomic mass is 15.2. The van der Waals surface area contributed by atoms with Crippen LogP contribution in [-0.4, -0.2) is 23.6 Å². The van der Waals surface area contributed by atoms with Crippen molar-refractivity contribution in [3.63, 3.8) is 0 Å². The number of nitriles is 1. The maximum atomic E-state index is 9.16. The molecule has 1 aromatic heterocycles. The third kappa shape index (κ3) is 3.95. The maximum Gasteiger partial charge on any atom is 0.136 e. The first-order valence-corrected chi connectivity index (χ1v) is 7.47. The zero-order valence-corrected chi connectivity index (χ0v) is 13.3. The summed E-state index contributed by atoms with van der Waals surface area (Å²) in [7, 11) is 2.03. The molecule has 0 spiro atoms. The van der Waals surface area contributed by atoms with E-state index in [9.17, 15) is 0 Å². The van der Waals surface area contributed by atoms with Gasteiger partial charge in [0.2, 0.25) is 0 Å². The van der Waals surface area contributed by atoms with Gasteiger partial charge in [-0.25, -0.2) is 9.97 Å². The minimum absolute atomic E-state index is 0.597. The van der Waals surface area contributed by atoms with Crippen LogP contribution in [0.3, 0.4) is 0 Å². The van der Waals surface area contributed by atoms with Crippen molar-refractivity contribution in [2.45, 2.75) is 26.7 Å². The number of rotatable bonds is 6. The highest BCUT2D eigenvalue weighted by molar-refractivity contribution is 5.65. The monoisotopic (exact) mass is 295 g/mol. The fraction of sp³-hybridized carbons (Fsp3) is 0.353. The number of hydrogen-bond donors (Lipinski definition) is 1. The number of aryl methyl sites for hydroxylation is 1. The number of unbranched alkanes of at least 4 members (excludes halogenated alkanes) is 1. The summed E-state index contributed by atoms with van der Waals surface area (Å²) >= 11 is 0. The van der Waals surface area contributed by atoms with Crippen molar-refractivity contribution >= 4 is 17.3 Å². The number of benzene rings is 1. The van der Waals surface area contributed by atoms with Crippen LogP contribution in [-0.2, 0) is 0 Å². The normalized spacial score (nSPS) is 10.1. The van der Waals surface area contributed by atoms with E-state index in [-0.39, 0.29) is 0 Å². The Kier molecular flexibility index (Phi) is 5.31. The first-order valence-electron chi connectivity index (χ1n) is 7.47. The van der Waals surface area contributed by atoms with Crippen molar-refractivity contribution < 1.29 is 0 Å². The van der Waals surface area contributed by atoms with Gasteiger partial charge in [-0.05, 0) is 25.5 Å². The van der Waals surface area contributed by atoms with E-state index in [2.05, 4.69) is 33.2 Å². The van der Waals surface area contributed by atoms with E-state index < -0.39 is 0 Å². The zero-order valence-electron chi connectivity index (χ0n) is 13.3. The lowest BCUT2D eigenvalue weighted by atomic mass is 10.2. The molecule has 0 atom stereocenters. The number of para-hydroxylation sites is 1. The molecule has 2 aromatic rings. The van der Waals surface area contributed by atoms with E-state index in [0.29, 0.717) is 17.2 Å². The van der Waals surface area contributed by atoms with Gasteiger partial charge in [0.25, 0.3) is 0 Å². The third-order valence-corrected chi connectivity index (χ3v) is 3.37. The van der Waals surface area contributed by atoms with Crippen LogP contribution in [0.25, 0.3) is 0 Å². The van der Waals surface area contributed by atoms with Crippen LogP contribution in [0.15, 0.2) is 30.3 Å². The van der Waals surface area contributed by atoms with Gasteiger partial charge >= 0.3 is 0 Å². The SMILES string of the molecule is CCCCN(C)c1cc(Nc2ccccc2C#N)nc(C)n1. The van der Waals surface area contributed by atoms with Crippen molar-refractivity contribution in [1.82, 2.24) is 9.97 Å². The molecular weight excluding hydrogens is 274 g/mol. The summed E-state index contributed by atoms with van der Waals surface area (Å²) in [4.78, 5) is 11.0. The van der Waals surface area contributed by atoms with Crippen LogP contribution in [0.1, 0.15) is 31.2 Å². The summed E-state index contributed by atoms with van der Waals surface area (Å²) in [6.45, 7) is 5.00. The van der Waals surface area contributed by atoms with Crippen molar-refractivity contribution in [3.8, 4) is 6.07 Å². The molecule has 0 saturated carbocycles. The number of nitrogens with zero attached hydrogens (tertiary/aromatic N) is 4. The minimum atomic E-state index is 0.597.